The van der Waals surface area contributed by atoms with Crippen molar-refractivity contribution in [3.63, 3.8) is 0 Å². The van der Waals surface area contributed by atoms with Gasteiger partial charge in [0, 0.05) is 13.6 Å². The van der Waals surface area contributed by atoms with Crippen LogP contribution in [-0.2, 0) is 5.54 Å². The Kier molecular flexibility index (Phi) is 3.61. The van der Waals surface area contributed by atoms with E-state index in [9.17, 15) is 4.39 Å². The van der Waals surface area contributed by atoms with Gasteiger partial charge in [0.1, 0.15) is 5.82 Å². The molecule has 2 N–H and O–H groups in total. The molecule has 0 spiro atoms. The van der Waals surface area contributed by atoms with Gasteiger partial charge in [-0.25, -0.2) is 9.38 Å². The van der Waals surface area contributed by atoms with E-state index in [0.717, 1.165) is 29.7 Å². The highest BCUT2D eigenvalue weighted by Crippen LogP contribution is 2.34. The van der Waals surface area contributed by atoms with Gasteiger partial charge < -0.3 is 10.6 Å². The van der Waals surface area contributed by atoms with Crippen LogP contribution in [0.3, 0.4) is 0 Å². The molecule has 3 rings (SSSR count). The molecule has 114 valence electrons. The minimum absolute atomic E-state index is 0.223. The second-order valence-corrected chi connectivity index (χ2v) is 6.00. The van der Waals surface area contributed by atoms with Crippen LogP contribution in [0.4, 0.5) is 4.39 Å². The highest BCUT2D eigenvalue weighted by Gasteiger charge is 2.30. The summed E-state index contributed by atoms with van der Waals surface area (Å²) >= 11 is 0. The molecule has 1 aliphatic rings. The second kappa shape index (κ2) is 5.44. The fourth-order valence-electron chi connectivity index (χ4n) is 2.78. The summed E-state index contributed by atoms with van der Waals surface area (Å²) in [6, 6.07) is 14.8. The Balaban J connectivity index is 1.99. The number of rotatable bonds is 2. The number of nitrogens with zero attached hydrogens (tertiary/aromatic N) is 2. The molecule has 1 aliphatic heterocycles. The minimum atomic E-state index is -0.313. The van der Waals surface area contributed by atoms with Crippen molar-refractivity contribution in [2.24, 2.45) is 10.7 Å². The highest BCUT2D eigenvalue weighted by atomic mass is 19.1. The summed E-state index contributed by atoms with van der Waals surface area (Å²) in [7, 11) is 1.95. The molecule has 1 atom stereocenters. The number of aliphatic imine (C=N–C) groups is 1. The van der Waals surface area contributed by atoms with Gasteiger partial charge in [0.25, 0.3) is 0 Å². The Hall–Kier alpha value is -2.36. The average molecular weight is 297 g/mol. The quantitative estimate of drug-likeness (QED) is 0.923. The van der Waals surface area contributed by atoms with E-state index in [2.05, 4.69) is 24.0 Å². The van der Waals surface area contributed by atoms with Crippen molar-refractivity contribution in [1.29, 1.82) is 0 Å². The molecule has 0 saturated carbocycles. The Morgan fingerprint density at radius 2 is 1.86 bits per heavy atom. The Labute approximate surface area is 130 Å². The highest BCUT2D eigenvalue weighted by molar-refractivity contribution is 5.79. The molecule has 0 amide bonds. The number of benzene rings is 2. The third-order valence-corrected chi connectivity index (χ3v) is 4.35. The number of hydrogen-bond acceptors (Lipinski definition) is 3. The zero-order valence-corrected chi connectivity index (χ0v) is 12.9. The molecular weight excluding hydrogens is 277 g/mol. The Morgan fingerprint density at radius 3 is 2.55 bits per heavy atom. The van der Waals surface area contributed by atoms with Gasteiger partial charge in [0.2, 0.25) is 0 Å². The predicted octanol–water partition coefficient (Wildman–Crippen LogP) is 3.36. The van der Waals surface area contributed by atoms with Gasteiger partial charge in [-0.2, -0.15) is 0 Å². The van der Waals surface area contributed by atoms with Crippen molar-refractivity contribution in [3.05, 3.63) is 59.9 Å². The van der Waals surface area contributed by atoms with Crippen LogP contribution < -0.4 is 5.73 Å². The van der Waals surface area contributed by atoms with Crippen LogP contribution in [0, 0.1) is 5.82 Å². The number of halogens is 1. The van der Waals surface area contributed by atoms with E-state index in [-0.39, 0.29) is 11.4 Å². The maximum absolute atomic E-state index is 13.1. The molecule has 0 aromatic heterocycles. The first-order chi connectivity index (χ1) is 10.5. The SMILES string of the molecule is CN1CCC(C)(c2cccc(-c3ccc(F)cc3)c2)N=C1N. The summed E-state index contributed by atoms with van der Waals surface area (Å²) in [5.74, 6) is 0.348. The van der Waals surface area contributed by atoms with Crippen LogP contribution in [0.1, 0.15) is 18.9 Å². The Bertz CT molecular complexity index is 709. The molecule has 0 saturated heterocycles. The van der Waals surface area contributed by atoms with Gasteiger partial charge in [-0.15, -0.1) is 0 Å². The molecular formula is C18H20FN3. The molecule has 22 heavy (non-hydrogen) atoms. The number of hydrogen-bond donors (Lipinski definition) is 1. The lowest BCUT2D eigenvalue weighted by Gasteiger charge is -2.35. The summed E-state index contributed by atoms with van der Waals surface area (Å²) in [6.45, 7) is 2.99. The fourth-order valence-corrected chi connectivity index (χ4v) is 2.78. The van der Waals surface area contributed by atoms with E-state index in [1.807, 2.05) is 24.1 Å². The normalized spacial score (nSPS) is 21.6. The third-order valence-electron chi connectivity index (χ3n) is 4.35. The van der Waals surface area contributed by atoms with Crippen molar-refractivity contribution in [2.45, 2.75) is 18.9 Å². The monoisotopic (exact) mass is 297 g/mol. The smallest absolute Gasteiger partial charge is 0.191 e. The van der Waals surface area contributed by atoms with Gasteiger partial charge >= 0.3 is 0 Å². The van der Waals surface area contributed by atoms with E-state index in [0.29, 0.717) is 5.96 Å². The first-order valence-electron chi connectivity index (χ1n) is 7.41. The zero-order valence-electron chi connectivity index (χ0n) is 12.9. The summed E-state index contributed by atoms with van der Waals surface area (Å²) in [5.41, 5.74) is 8.87. The number of guanidine groups is 1. The van der Waals surface area contributed by atoms with Crippen molar-refractivity contribution >= 4 is 5.96 Å². The van der Waals surface area contributed by atoms with E-state index in [1.54, 1.807) is 12.1 Å². The molecule has 3 nitrogen and oxygen atoms in total. The molecule has 0 aliphatic carbocycles. The maximum Gasteiger partial charge on any atom is 0.191 e. The predicted molar refractivity (Wildman–Crippen MR) is 88.1 cm³/mol. The average Bonchev–Trinajstić information content (AvgIpc) is 2.52. The van der Waals surface area contributed by atoms with Gasteiger partial charge in [0.15, 0.2) is 5.96 Å². The van der Waals surface area contributed by atoms with Crippen LogP contribution in [0.15, 0.2) is 53.5 Å². The van der Waals surface area contributed by atoms with Crippen LogP contribution in [-0.4, -0.2) is 24.5 Å². The summed E-state index contributed by atoms with van der Waals surface area (Å²) in [4.78, 5) is 6.64. The second-order valence-electron chi connectivity index (χ2n) is 6.00. The van der Waals surface area contributed by atoms with Crippen LogP contribution >= 0.6 is 0 Å². The van der Waals surface area contributed by atoms with E-state index in [1.165, 1.54) is 12.1 Å². The summed E-state index contributed by atoms with van der Waals surface area (Å²) in [5, 5.41) is 0. The summed E-state index contributed by atoms with van der Waals surface area (Å²) < 4.78 is 13.1. The minimum Gasteiger partial charge on any atom is -0.370 e. The van der Waals surface area contributed by atoms with Crippen molar-refractivity contribution < 1.29 is 4.39 Å². The largest absolute Gasteiger partial charge is 0.370 e. The van der Waals surface area contributed by atoms with Crippen LogP contribution in [0.25, 0.3) is 11.1 Å². The first kappa shape index (κ1) is 14.6. The summed E-state index contributed by atoms with van der Waals surface area (Å²) in [6.07, 6.45) is 0.914. The van der Waals surface area contributed by atoms with Crippen molar-refractivity contribution in [2.75, 3.05) is 13.6 Å². The molecule has 0 radical (unpaired) electrons. The molecule has 0 fully saturated rings. The van der Waals surface area contributed by atoms with Gasteiger partial charge in [-0.3, -0.25) is 0 Å². The lowest BCUT2D eigenvalue weighted by atomic mass is 9.86. The molecule has 2 aromatic rings. The topological polar surface area (TPSA) is 41.6 Å². The number of nitrogens with two attached hydrogens (primary N) is 1. The molecule has 2 aromatic carbocycles. The molecule has 1 unspecified atom stereocenters. The van der Waals surface area contributed by atoms with Crippen LogP contribution in [0.2, 0.25) is 0 Å². The van der Waals surface area contributed by atoms with E-state index < -0.39 is 0 Å². The molecule has 0 bridgehead atoms. The van der Waals surface area contributed by atoms with Gasteiger partial charge in [-0.1, -0.05) is 30.3 Å². The zero-order chi connectivity index (χ0) is 15.7. The third kappa shape index (κ3) is 2.69. The van der Waals surface area contributed by atoms with Crippen LogP contribution in [0.5, 0.6) is 0 Å². The van der Waals surface area contributed by atoms with E-state index in [4.69, 9.17) is 5.73 Å². The molecule has 1 heterocycles. The van der Waals surface area contributed by atoms with Crippen molar-refractivity contribution in [1.82, 2.24) is 4.90 Å². The van der Waals surface area contributed by atoms with Crippen molar-refractivity contribution in [3.8, 4) is 11.1 Å². The van der Waals surface area contributed by atoms with Gasteiger partial charge in [-0.05, 0) is 48.2 Å². The fraction of sp³-hybridized carbons (Fsp3) is 0.278. The standard InChI is InChI=1S/C18H20FN3/c1-18(10-11-22(2)17(20)21-18)15-5-3-4-14(12-15)13-6-8-16(19)9-7-13/h3-9,12H,10-11H2,1-2H3,(H2,20,21). The molecule has 4 heteroatoms. The lowest BCUT2D eigenvalue weighted by molar-refractivity contribution is 0.339. The maximum atomic E-state index is 13.1. The van der Waals surface area contributed by atoms with E-state index >= 15 is 0 Å². The van der Waals surface area contributed by atoms with Gasteiger partial charge in [0.05, 0.1) is 5.54 Å². The first-order valence-corrected chi connectivity index (χ1v) is 7.41. The Morgan fingerprint density at radius 1 is 1.14 bits per heavy atom. The lowest BCUT2D eigenvalue weighted by Crippen LogP contribution is -2.43.